The molecule has 1 amide bonds. The maximum atomic E-state index is 13.0. The third-order valence-electron chi connectivity index (χ3n) is 5.72. The number of hydrogen-bond donors (Lipinski definition) is 0. The average Bonchev–Trinajstić information content (AvgIpc) is 3.42. The molecule has 1 atom stereocenters. The van der Waals surface area contributed by atoms with Crippen LogP contribution in [-0.4, -0.2) is 33.6 Å². The zero-order chi connectivity index (χ0) is 20.8. The highest BCUT2D eigenvalue weighted by Crippen LogP contribution is 2.59. The van der Waals surface area contributed by atoms with Gasteiger partial charge >= 0.3 is 6.18 Å². The Labute approximate surface area is 170 Å². The molecule has 2 aliphatic rings. The van der Waals surface area contributed by atoms with Crippen LogP contribution in [0.5, 0.6) is 5.88 Å². The molecule has 0 saturated heterocycles. The van der Waals surface area contributed by atoms with Crippen LogP contribution in [0, 0.1) is 5.41 Å². The summed E-state index contributed by atoms with van der Waals surface area (Å²) in [7, 11) is 0. The van der Waals surface area contributed by atoms with Crippen molar-refractivity contribution in [2.24, 2.45) is 5.41 Å². The van der Waals surface area contributed by atoms with Crippen LogP contribution < -0.4 is 4.74 Å². The zero-order valence-corrected chi connectivity index (χ0v) is 16.4. The fraction of sp³-hybridized carbons (Fsp3) is 0.450. The summed E-state index contributed by atoms with van der Waals surface area (Å²) in [4.78, 5) is 22.4. The molecule has 1 aliphatic heterocycles. The second-order valence-electron chi connectivity index (χ2n) is 7.54. The van der Waals surface area contributed by atoms with E-state index in [1.54, 1.807) is 11.0 Å². The van der Waals surface area contributed by atoms with Crippen molar-refractivity contribution in [1.82, 2.24) is 14.9 Å². The van der Waals surface area contributed by atoms with Gasteiger partial charge in [-0.2, -0.15) is 18.2 Å². The van der Waals surface area contributed by atoms with Crippen molar-refractivity contribution in [3.05, 3.63) is 52.4 Å². The number of rotatable bonds is 6. The predicted molar refractivity (Wildman–Crippen MR) is 99.6 cm³/mol. The number of amides is 1. The molecule has 9 heteroatoms. The van der Waals surface area contributed by atoms with Gasteiger partial charge in [-0.05, 0) is 49.4 Å². The van der Waals surface area contributed by atoms with Crippen molar-refractivity contribution in [3.63, 3.8) is 0 Å². The Bertz CT molecular complexity index is 947. The summed E-state index contributed by atoms with van der Waals surface area (Å²) in [5.41, 5.74) is 0.426. The van der Waals surface area contributed by atoms with Crippen LogP contribution in [0.15, 0.2) is 30.3 Å². The van der Waals surface area contributed by atoms with Crippen LogP contribution in [0.2, 0.25) is 5.28 Å². The van der Waals surface area contributed by atoms with Crippen molar-refractivity contribution in [3.8, 4) is 5.88 Å². The van der Waals surface area contributed by atoms with Crippen molar-refractivity contribution in [1.29, 1.82) is 0 Å². The lowest BCUT2D eigenvalue weighted by molar-refractivity contribution is -0.190. The Hall–Kier alpha value is -2.35. The first-order valence-electron chi connectivity index (χ1n) is 9.33. The monoisotopic (exact) mass is 425 g/mol. The molecule has 1 aromatic heterocycles. The van der Waals surface area contributed by atoms with Crippen LogP contribution in [0.3, 0.4) is 0 Å². The van der Waals surface area contributed by atoms with Crippen LogP contribution in [0.4, 0.5) is 13.2 Å². The standard InChI is InChI=1S/C20H19ClF3N3O2/c1-12-14-4-2-3-5-15(14)17(28)27(12)11-13-10-16(26-18(21)25-13)29-9-8-19(6-7-19)20(22,23)24/h2-5,10,12H,6-9,11H2,1H3. The predicted octanol–water partition coefficient (Wildman–Crippen LogP) is 4.96. The summed E-state index contributed by atoms with van der Waals surface area (Å²) >= 11 is 5.97. The highest BCUT2D eigenvalue weighted by molar-refractivity contribution is 6.28. The maximum Gasteiger partial charge on any atom is 0.394 e. The number of aromatic nitrogens is 2. The van der Waals surface area contributed by atoms with Crippen molar-refractivity contribution in [2.45, 2.75) is 44.9 Å². The van der Waals surface area contributed by atoms with Crippen molar-refractivity contribution >= 4 is 17.5 Å². The van der Waals surface area contributed by atoms with Gasteiger partial charge < -0.3 is 9.64 Å². The van der Waals surface area contributed by atoms with Crippen LogP contribution in [0.1, 0.15) is 53.8 Å². The Kier molecular flexibility index (Phi) is 4.93. The van der Waals surface area contributed by atoms with E-state index in [2.05, 4.69) is 9.97 Å². The van der Waals surface area contributed by atoms with Gasteiger partial charge in [0.15, 0.2) is 0 Å². The fourth-order valence-corrected chi connectivity index (χ4v) is 3.90. The van der Waals surface area contributed by atoms with E-state index < -0.39 is 11.6 Å². The lowest BCUT2D eigenvalue weighted by atomic mass is 10.0. The normalized spacial score (nSPS) is 20.0. The number of ether oxygens (including phenoxy) is 1. The minimum absolute atomic E-state index is 0.0775. The largest absolute Gasteiger partial charge is 0.478 e. The van der Waals surface area contributed by atoms with Gasteiger partial charge in [-0.15, -0.1) is 0 Å². The fourth-order valence-electron chi connectivity index (χ4n) is 3.71. The van der Waals surface area contributed by atoms with Crippen LogP contribution in [0.25, 0.3) is 0 Å². The van der Waals surface area contributed by atoms with Gasteiger partial charge in [-0.1, -0.05) is 18.2 Å². The number of hydrogen-bond acceptors (Lipinski definition) is 4. The number of nitrogens with zero attached hydrogens (tertiary/aromatic N) is 3. The van der Waals surface area contributed by atoms with Crippen molar-refractivity contribution in [2.75, 3.05) is 6.61 Å². The molecule has 1 unspecified atom stereocenters. The topological polar surface area (TPSA) is 55.3 Å². The first-order chi connectivity index (χ1) is 13.7. The van der Waals surface area contributed by atoms with E-state index in [4.69, 9.17) is 16.3 Å². The number of alkyl halides is 3. The molecule has 2 heterocycles. The van der Waals surface area contributed by atoms with Gasteiger partial charge in [-0.3, -0.25) is 4.79 Å². The van der Waals surface area contributed by atoms with Gasteiger partial charge in [0, 0.05) is 11.6 Å². The molecule has 1 aliphatic carbocycles. The van der Waals surface area contributed by atoms with E-state index in [9.17, 15) is 18.0 Å². The Morgan fingerprint density at radius 2 is 2.00 bits per heavy atom. The molecular weight excluding hydrogens is 407 g/mol. The van der Waals surface area contributed by atoms with Gasteiger partial charge in [0.2, 0.25) is 11.2 Å². The molecule has 0 radical (unpaired) electrons. The second-order valence-corrected chi connectivity index (χ2v) is 7.88. The van der Waals surface area contributed by atoms with Crippen molar-refractivity contribution < 1.29 is 22.7 Å². The molecule has 1 aromatic carbocycles. The third kappa shape index (κ3) is 3.77. The first-order valence-corrected chi connectivity index (χ1v) is 9.71. The van der Waals surface area contributed by atoms with Crippen LogP contribution >= 0.6 is 11.6 Å². The van der Waals surface area contributed by atoms with Crippen LogP contribution in [-0.2, 0) is 6.54 Å². The summed E-state index contributed by atoms with van der Waals surface area (Å²) < 4.78 is 44.5. The minimum atomic E-state index is -4.22. The molecule has 5 nitrogen and oxygen atoms in total. The molecule has 2 aromatic rings. The molecule has 29 heavy (non-hydrogen) atoms. The lowest BCUT2D eigenvalue weighted by Crippen LogP contribution is -2.27. The summed E-state index contributed by atoms with van der Waals surface area (Å²) in [6.45, 7) is 2.01. The molecule has 4 rings (SSSR count). The van der Waals surface area contributed by atoms with E-state index in [0.29, 0.717) is 11.3 Å². The maximum absolute atomic E-state index is 13.0. The molecule has 1 fully saturated rings. The third-order valence-corrected chi connectivity index (χ3v) is 5.88. The van der Waals surface area contributed by atoms with E-state index in [1.165, 1.54) is 6.07 Å². The number of carbonyl (C=O) groups excluding carboxylic acids is 1. The van der Waals surface area contributed by atoms with E-state index in [0.717, 1.165) is 5.56 Å². The average molecular weight is 426 g/mol. The number of fused-ring (bicyclic) bond motifs is 1. The molecule has 154 valence electrons. The summed E-state index contributed by atoms with van der Waals surface area (Å²) in [6, 6.07) is 8.78. The van der Waals surface area contributed by atoms with Gasteiger partial charge in [0.05, 0.1) is 30.3 Å². The smallest absolute Gasteiger partial charge is 0.394 e. The molecular formula is C20H19ClF3N3O2. The SMILES string of the molecule is CC1c2ccccc2C(=O)N1Cc1cc(OCCC2(C(F)(F)F)CC2)nc(Cl)n1. The number of carbonyl (C=O) groups is 1. The molecule has 0 N–H and O–H groups in total. The number of halogens is 4. The molecule has 0 bridgehead atoms. The second kappa shape index (κ2) is 7.16. The molecule has 1 saturated carbocycles. The quantitative estimate of drug-likeness (QED) is 0.614. The molecule has 0 spiro atoms. The highest BCUT2D eigenvalue weighted by atomic mass is 35.5. The first kappa shape index (κ1) is 19.9. The van der Waals surface area contributed by atoms with E-state index in [-0.39, 0.29) is 55.5 Å². The van der Waals surface area contributed by atoms with Gasteiger partial charge in [0.1, 0.15) is 0 Å². The summed E-state index contributed by atoms with van der Waals surface area (Å²) in [5.74, 6) is 0.000873. The number of benzene rings is 1. The highest BCUT2D eigenvalue weighted by Gasteiger charge is 2.62. The van der Waals surface area contributed by atoms with Gasteiger partial charge in [-0.25, -0.2) is 4.98 Å². The van der Waals surface area contributed by atoms with E-state index in [1.807, 2.05) is 25.1 Å². The van der Waals surface area contributed by atoms with E-state index >= 15 is 0 Å². The summed E-state index contributed by atoms with van der Waals surface area (Å²) in [6.07, 6.45) is -4.08. The Balaban J connectivity index is 1.44. The van der Waals surface area contributed by atoms with Gasteiger partial charge in [0.25, 0.3) is 5.91 Å². The summed E-state index contributed by atoms with van der Waals surface area (Å²) in [5, 5.41) is -0.0775. The minimum Gasteiger partial charge on any atom is -0.478 e. The Morgan fingerprint density at radius 3 is 2.66 bits per heavy atom. The lowest BCUT2D eigenvalue weighted by Gasteiger charge is -2.22. The Morgan fingerprint density at radius 1 is 1.28 bits per heavy atom. The zero-order valence-electron chi connectivity index (χ0n) is 15.7.